The lowest BCUT2D eigenvalue weighted by Crippen LogP contribution is -2.39. The lowest BCUT2D eigenvalue weighted by molar-refractivity contribution is -0.0890. The molecular formula is C17H17N5O7. The topological polar surface area (TPSA) is 160 Å². The first kappa shape index (κ1) is 17.5. The van der Waals surface area contributed by atoms with Crippen molar-refractivity contribution in [3.63, 3.8) is 0 Å². The number of fused-ring (bicyclic) bond motifs is 2. The number of hydrogen-bond acceptors (Lipinski definition) is 11. The van der Waals surface area contributed by atoms with Crippen LogP contribution >= 0.6 is 0 Å². The summed E-state index contributed by atoms with van der Waals surface area (Å²) in [4.78, 5) is 27.4. The number of nitrogens with zero attached hydrogens (tertiary/aromatic N) is 4. The van der Waals surface area contributed by atoms with E-state index in [1.165, 1.54) is 10.6 Å². The van der Waals surface area contributed by atoms with Crippen molar-refractivity contribution in [1.82, 2.24) is 14.6 Å². The molecule has 2 saturated heterocycles. The minimum atomic E-state index is -1.89. The highest BCUT2D eigenvalue weighted by Crippen LogP contribution is 2.46. The van der Waals surface area contributed by atoms with Crippen LogP contribution in [0.25, 0.3) is 5.52 Å². The highest BCUT2D eigenvalue weighted by Gasteiger charge is 2.65. The van der Waals surface area contributed by atoms with E-state index in [4.69, 9.17) is 30.8 Å². The summed E-state index contributed by atoms with van der Waals surface area (Å²) in [6, 6.07) is 3.27. The van der Waals surface area contributed by atoms with Gasteiger partial charge in [0.05, 0.1) is 13.2 Å². The average Bonchev–Trinajstić information content (AvgIpc) is 3.31. The van der Waals surface area contributed by atoms with Crippen LogP contribution < -0.4 is 5.73 Å². The van der Waals surface area contributed by atoms with Gasteiger partial charge < -0.3 is 29.4 Å². The zero-order valence-electron chi connectivity index (χ0n) is 16.4. The second-order valence-corrected chi connectivity index (χ2v) is 6.68. The van der Waals surface area contributed by atoms with Gasteiger partial charge in [-0.1, -0.05) is 0 Å². The molecule has 0 amide bonds. The molecule has 12 nitrogen and oxygen atoms in total. The van der Waals surface area contributed by atoms with Gasteiger partial charge in [0.25, 0.3) is 0 Å². The average molecular weight is 404 g/mol. The molecule has 0 spiro atoms. The van der Waals surface area contributed by atoms with Gasteiger partial charge in [-0.3, -0.25) is 0 Å². The van der Waals surface area contributed by atoms with Crippen LogP contribution in [0.15, 0.2) is 18.4 Å². The van der Waals surface area contributed by atoms with Gasteiger partial charge >= 0.3 is 12.3 Å². The maximum Gasteiger partial charge on any atom is 0.509 e. The Hall–Kier alpha value is -3.59. The summed E-state index contributed by atoms with van der Waals surface area (Å²) in [5.74, 6) is 0.0277. The fraction of sp³-hybridized carbons (Fsp3) is 0.471. The lowest BCUT2D eigenvalue weighted by atomic mass is 9.92. The first-order valence-corrected chi connectivity index (χ1v) is 8.66. The third-order valence-electron chi connectivity index (χ3n) is 4.49. The van der Waals surface area contributed by atoms with E-state index in [1.54, 1.807) is 13.8 Å². The van der Waals surface area contributed by atoms with Crippen molar-refractivity contribution >= 4 is 23.6 Å². The Labute approximate surface area is 165 Å². The number of carbonyl (C=O) groups excluding carboxylic acids is 2. The van der Waals surface area contributed by atoms with Gasteiger partial charge in [-0.25, -0.2) is 19.1 Å². The summed E-state index contributed by atoms with van der Waals surface area (Å²) < 4.78 is 35.6. The molecule has 0 aromatic carbocycles. The highest BCUT2D eigenvalue weighted by atomic mass is 16.8. The van der Waals surface area contributed by atoms with E-state index in [2.05, 4.69) is 10.1 Å². The number of hydrogen-bond donors (Lipinski definition) is 1. The molecule has 4 rings (SSSR count). The molecule has 4 heterocycles. The molecule has 29 heavy (non-hydrogen) atoms. The molecule has 2 aliphatic rings. The van der Waals surface area contributed by atoms with Crippen LogP contribution in [0, 0.1) is 11.3 Å². The number of nitriles is 1. The maximum atomic E-state index is 11.8. The predicted molar refractivity (Wildman–Crippen MR) is 92.3 cm³/mol. The maximum absolute atomic E-state index is 11.8. The van der Waals surface area contributed by atoms with Crippen molar-refractivity contribution in [1.29, 1.82) is 5.26 Å². The summed E-state index contributed by atoms with van der Waals surface area (Å²) in [5.41, 5.74) is 4.20. The fourth-order valence-electron chi connectivity index (χ4n) is 3.34. The predicted octanol–water partition coefficient (Wildman–Crippen LogP) is 0.895. The van der Waals surface area contributed by atoms with Crippen LogP contribution in [0.5, 0.6) is 0 Å². The Morgan fingerprint density at radius 1 is 1.55 bits per heavy atom. The van der Waals surface area contributed by atoms with E-state index in [1.807, 2.05) is 6.07 Å². The molecule has 0 saturated carbocycles. The number of anilines is 1. The number of nitrogens with two attached hydrogens (primary N) is 1. The Bertz CT molecular complexity index is 1070. The summed E-state index contributed by atoms with van der Waals surface area (Å²) >= 11 is 0. The number of carbonyl (C=O) groups is 2. The SMILES string of the molecule is [2H]c1cc([C@]2(C#N)O[C@H](COC(=O)OC(C)C)[C@H]3OC(=O)O[C@H]32)n2ncnc(N)c12. The summed E-state index contributed by atoms with van der Waals surface area (Å²) in [7, 11) is 0. The zero-order chi connectivity index (χ0) is 21.6. The molecule has 152 valence electrons. The molecule has 0 aliphatic carbocycles. The Morgan fingerprint density at radius 3 is 3.07 bits per heavy atom. The molecular weight excluding hydrogens is 386 g/mol. The summed E-state index contributed by atoms with van der Waals surface area (Å²) in [6.07, 6.45) is -4.44. The van der Waals surface area contributed by atoms with E-state index in [9.17, 15) is 14.9 Å². The molecule has 0 unspecified atom stereocenters. The standard InChI is InChI=1S/C17H17N5O7/c1-8(2)26-15(23)25-5-10-12-13(28-16(24)27-12)17(6-18,29-10)11-4-3-9-14(19)20-7-21-22(9)11/h3-4,7-8,10,12-13H,5H2,1-2H3,(H2,19,20,21)/t10-,12-,13-,17+/m1/s1/i3D. The van der Waals surface area contributed by atoms with Crippen molar-refractivity contribution in [3.05, 3.63) is 24.1 Å². The van der Waals surface area contributed by atoms with Crippen LogP contribution in [0.2, 0.25) is 0 Å². The van der Waals surface area contributed by atoms with Gasteiger partial charge in [0.1, 0.15) is 30.6 Å². The second-order valence-electron chi connectivity index (χ2n) is 6.68. The molecule has 0 bridgehead atoms. The first-order valence-electron chi connectivity index (χ1n) is 9.16. The fourth-order valence-corrected chi connectivity index (χ4v) is 3.34. The minimum Gasteiger partial charge on any atom is -0.432 e. The Balaban J connectivity index is 1.72. The quantitative estimate of drug-likeness (QED) is 0.721. The van der Waals surface area contributed by atoms with Gasteiger partial charge in [-0.15, -0.1) is 0 Å². The van der Waals surface area contributed by atoms with Gasteiger partial charge in [-0.2, -0.15) is 10.4 Å². The third kappa shape index (κ3) is 2.95. The van der Waals surface area contributed by atoms with Gasteiger partial charge in [0.15, 0.2) is 18.0 Å². The van der Waals surface area contributed by atoms with E-state index in [-0.39, 0.29) is 29.7 Å². The van der Waals surface area contributed by atoms with Crippen LogP contribution in [-0.2, 0) is 29.3 Å². The summed E-state index contributed by atoms with van der Waals surface area (Å²) in [5, 5.41) is 14.1. The van der Waals surface area contributed by atoms with Crippen LogP contribution in [-0.4, -0.2) is 57.9 Å². The van der Waals surface area contributed by atoms with E-state index < -0.39 is 42.3 Å². The molecule has 2 N–H and O–H groups in total. The summed E-state index contributed by atoms with van der Waals surface area (Å²) in [6.45, 7) is 2.95. The molecule has 4 atom stereocenters. The number of aromatic nitrogens is 3. The van der Waals surface area contributed by atoms with E-state index in [0.717, 1.165) is 6.33 Å². The minimum absolute atomic E-state index is 0.0277. The zero-order valence-corrected chi connectivity index (χ0v) is 15.4. The van der Waals surface area contributed by atoms with Crippen molar-refractivity contribution in [2.24, 2.45) is 0 Å². The van der Waals surface area contributed by atoms with E-state index >= 15 is 0 Å². The largest absolute Gasteiger partial charge is 0.509 e. The number of rotatable bonds is 4. The van der Waals surface area contributed by atoms with Gasteiger partial charge in [0, 0.05) is 0 Å². The normalized spacial score (nSPS) is 28.4. The van der Waals surface area contributed by atoms with Crippen molar-refractivity contribution < 1.29 is 34.6 Å². The van der Waals surface area contributed by atoms with Crippen molar-refractivity contribution in [2.45, 2.75) is 43.9 Å². The highest BCUT2D eigenvalue weighted by molar-refractivity contribution is 5.67. The molecule has 2 aromatic heterocycles. The smallest absolute Gasteiger partial charge is 0.432 e. The molecule has 2 aromatic rings. The molecule has 2 aliphatic heterocycles. The van der Waals surface area contributed by atoms with Crippen LogP contribution in [0.4, 0.5) is 15.4 Å². The van der Waals surface area contributed by atoms with Gasteiger partial charge in [0.2, 0.25) is 5.60 Å². The van der Waals surface area contributed by atoms with Crippen LogP contribution in [0.1, 0.15) is 20.9 Å². The molecule has 2 fully saturated rings. The monoisotopic (exact) mass is 404 g/mol. The molecule has 0 radical (unpaired) electrons. The Morgan fingerprint density at radius 2 is 2.34 bits per heavy atom. The third-order valence-corrected chi connectivity index (χ3v) is 4.49. The number of nitrogen functional groups attached to an aromatic ring is 1. The Kier molecular flexibility index (Phi) is 4.09. The van der Waals surface area contributed by atoms with E-state index in [0.29, 0.717) is 0 Å². The first-order chi connectivity index (χ1) is 14.3. The van der Waals surface area contributed by atoms with Crippen molar-refractivity contribution in [3.8, 4) is 6.07 Å². The van der Waals surface area contributed by atoms with Crippen molar-refractivity contribution in [2.75, 3.05) is 12.3 Å². The van der Waals surface area contributed by atoms with Gasteiger partial charge in [-0.05, 0) is 26.0 Å². The lowest BCUT2D eigenvalue weighted by Gasteiger charge is -2.24. The molecule has 12 heteroatoms. The second kappa shape index (κ2) is 6.78. The van der Waals surface area contributed by atoms with Crippen LogP contribution in [0.3, 0.4) is 0 Å². The number of ether oxygens (including phenoxy) is 5.